The van der Waals surface area contributed by atoms with Crippen molar-refractivity contribution in [3.63, 3.8) is 0 Å². The van der Waals surface area contributed by atoms with Crippen LogP contribution < -0.4 is 4.90 Å². The largest absolute Gasteiger partial charge is 0.394 e. The van der Waals surface area contributed by atoms with Gasteiger partial charge >= 0.3 is 0 Å². The van der Waals surface area contributed by atoms with E-state index in [4.69, 9.17) is 5.26 Å². The van der Waals surface area contributed by atoms with Crippen LogP contribution in [0.25, 0.3) is 0 Å². The monoisotopic (exact) mass is 289 g/mol. The molecular weight excluding hydrogens is 270 g/mol. The van der Waals surface area contributed by atoms with Gasteiger partial charge in [-0.15, -0.1) is 0 Å². The lowest BCUT2D eigenvalue weighted by atomic mass is 9.91. The first-order valence-electron chi connectivity index (χ1n) is 7.15. The zero-order valence-corrected chi connectivity index (χ0v) is 12.1. The number of aliphatic hydroxyl groups excluding tert-OH is 1. The number of rotatable bonds is 5. The Morgan fingerprint density at radius 1 is 1.57 bits per heavy atom. The van der Waals surface area contributed by atoms with Gasteiger partial charge in [-0.1, -0.05) is 13.3 Å². The topological polar surface area (TPSA) is 90.4 Å². The Kier molecular flexibility index (Phi) is 4.43. The third-order valence-electron chi connectivity index (χ3n) is 4.20. The molecule has 0 amide bonds. The van der Waals surface area contributed by atoms with Gasteiger partial charge in [0.1, 0.15) is 5.69 Å². The standard InChI is InChI=1S/C15H19N3O3/c1-2-6-15(11-19)7-3-8-17(15)13-5-4-12(10-16)9-14(13)18(20)21/h4-5,9,19H,2-3,6-8,11H2,1H3. The van der Waals surface area contributed by atoms with E-state index in [2.05, 4.69) is 0 Å². The Hall–Kier alpha value is -2.13. The van der Waals surface area contributed by atoms with Crippen molar-refractivity contribution in [3.8, 4) is 6.07 Å². The number of benzene rings is 1. The lowest BCUT2D eigenvalue weighted by Crippen LogP contribution is -2.47. The molecule has 1 aromatic rings. The van der Waals surface area contributed by atoms with E-state index >= 15 is 0 Å². The molecule has 2 rings (SSSR count). The van der Waals surface area contributed by atoms with Crippen LogP contribution in [0, 0.1) is 21.4 Å². The third-order valence-corrected chi connectivity index (χ3v) is 4.20. The van der Waals surface area contributed by atoms with Gasteiger partial charge in [0.25, 0.3) is 5.69 Å². The molecule has 1 aliphatic heterocycles. The third kappa shape index (κ3) is 2.69. The second kappa shape index (κ2) is 6.10. The minimum atomic E-state index is -0.456. The summed E-state index contributed by atoms with van der Waals surface area (Å²) in [5.41, 5.74) is 0.284. The number of hydrogen-bond acceptors (Lipinski definition) is 5. The van der Waals surface area contributed by atoms with E-state index in [0.717, 1.165) is 25.7 Å². The van der Waals surface area contributed by atoms with Gasteiger partial charge < -0.3 is 10.0 Å². The molecule has 6 heteroatoms. The van der Waals surface area contributed by atoms with Crippen LogP contribution >= 0.6 is 0 Å². The summed E-state index contributed by atoms with van der Waals surface area (Å²) in [5, 5.41) is 30.1. The number of nitro groups is 1. The first-order chi connectivity index (χ1) is 10.1. The predicted molar refractivity (Wildman–Crippen MR) is 79.1 cm³/mol. The van der Waals surface area contributed by atoms with Gasteiger partial charge in [-0.2, -0.15) is 5.26 Å². The van der Waals surface area contributed by atoms with Crippen molar-refractivity contribution in [2.45, 2.75) is 38.1 Å². The van der Waals surface area contributed by atoms with Crippen molar-refractivity contribution in [3.05, 3.63) is 33.9 Å². The minimum Gasteiger partial charge on any atom is -0.394 e. The Balaban J connectivity index is 2.50. The van der Waals surface area contributed by atoms with E-state index in [1.54, 1.807) is 12.1 Å². The lowest BCUT2D eigenvalue weighted by molar-refractivity contribution is -0.384. The summed E-state index contributed by atoms with van der Waals surface area (Å²) in [5.74, 6) is 0. The van der Waals surface area contributed by atoms with E-state index in [1.165, 1.54) is 6.07 Å². The summed E-state index contributed by atoms with van der Waals surface area (Å²) in [7, 11) is 0. The van der Waals surface area contributed by atoms with Crippen LogP contribution in [-0.2, 0) is 0 Å². The molecule has 0 aliphatic carbocycles. The summed E-state index contributed by atoms with van der Waals surface area (Å²) in [6.07, 6.45) is 3.42. The zero-order chi connectivity index (χ0) is 15.5. The fourth-order valence-corrected chi connectivity index (χ4v) is 3.25. The van der Waals surface area contributed by atoms with Gasteiger partial charge in [0.05, 0.1) is 28.7 Å². The van der Waals surface area contributed by atoms with Crippen LogP contribution in [0.15, 0.2) is 18.2 Å². The van der Waals surface area contributed by atoms with Gasteiger partial charge in [0.2, 0.25) is 0 Å². The molecule has 112 valence electrons. The fraction of sp³-hybridized carbons (Fsp3) is 0.533. The molecule has 1 saturated heterocycles. The van der Waals surface area contributed by atoms with Crippen molar-refractivity contribution >= 4 is 11.4 Å². The average molecular weight is 289 g/mol. The molecule has 1 atom stereocenters. The maximum absolute atomic E-state index is 11.3. The number of nitrogens with zero attached hydrogens (tertiary/aromatic N) is 3. The molecule has 1 heterocycles. The highest BCUT2D eigenvalue weighted by atomic mass is 16.6. The van der Waals surface area contributed by atoms with Gasteiger partial charge in [-0.05, 0) is 31.4 Å². The van der Waals surface area contributed by atoms with Gasteiger partial charge in [-0.25, -0.2) is 0 Å². The van der Waals surface area contributed by atoms with Gasteiger partial charge in [0.15, 0.2) is 0 Å². The molecule has 1 N–H and O–H groups in total. The van der Waals surface area contributed by atoms with E-state index < -0.39 is 10.5 Å². The van der Waals surface area contributed by atoms with Crippen LogP contribution in [0.2, 0.25) is 0 Å². The van der Waals surface area contributed by atoms with Crippen LogP contribution in [0.5, 0.6) is 0 Å². The number of aliphatic hydroxyl groups is 1. The highest BCUT2D eigenvalue weighted by Gasteiger charge is 2.42. The molecule has 21 heavy (non-hydrogen) atoms. The molecule has 1 aliphatic rings. The zero-order valence-electron chi connectivity index (χ0n) is 12.1. The second-order valence-electron chi connectivity index (χ2n) is 5.46. The van der Waals surface area contributed by atoms with Crippen LogP contribution in [0.1, 0.15) is 38.2 Å². The molecule has 1 aromatic carbocycles. The van der Waals surface area contributed by atoms with E-state index in [-0.39, 0.29) is 17.9 Å². The lowest BCUT2D eigenvalue weighted by Gasteiger charge is -2.38. The summed E-state index contributed by atoms with van der Waals surface area (Å²) in [6.45, 7) is 2.71. The Morgan fingerprint density at radius 2 is 2.33 bits per heavy atom. The highest BCUT2D eigenvalue weighted by Crippen LogP contribution is 2.41. The van der Waals surface area contributed by atoms with E-state index in [1.807, 2.05) is 17.9 Å². The first-order valence-corrected chi connectivity index (χ1v) is 7.15. The maximum Gasteiger partial charge on any atom is 0.293 e. The molecule has 0 bridgehead atoms. The molecule has 1 unspecified atom stereocenters. The maximum atomic E-state index is 11.3. The summed E-state index contributed by atoms with van der Waals surface area (Å²) in [6, 6.07) is 6.45. The van der Waals surface area contributed by atoms with Crippen molar-refractivity contribution in [1.29, 1.82) is 5.26 Å². The Morgan fingerprint density at radius 3 is 2.90 bits per heavy atom. The molecular formula is C15H19N3O3. The molecule has 1 fully saturated rings. The minimum absolute atomic E-state index is 0.0159. The highest BCUT2D eigenvalue weighted by molar-refractivity contribution is 5.67. The van der Waals surface area contributed by atoms with Crippen LogP contribution in [0.3, 0.4) is 0 Å². The van der Waals surface area contributed by atoms with Gasteiger partial charge in [0, 0.05) is 12.6 Å². The van der Waals surface area contributed by atoms with Crippen molar-refractivity contribution in [2.75, 3.05) is 18.1 Å². The molecule has 0 saturated carbocycles. The SMILES string of the molecule is CCCC1(CO)CCCN1c1ccc(C#N)cc1[N+](=O)[O-]. The van der Waals surface area contributed by atoms with E-state index in [0.29, 0.717) is 12.2 Å². The predicted octanol–water partition coefficient (Wildman–Crippen LogP) is 2.60. The van der Waals surface area contributed by atoms with Crippen molar-refractivity contribution in [2.24, 2.45) is 0 Å². The summed E-state index contributed by atoms with van der Waals surface area (Å²) >= 11 is 0. The molecule has 0 aromatic heterocycles. The second-order valence-corrected chi connectivity index (χ2v) is 5.46. The van der Waals surface area contributed by atoms with Gasteiger partial charge in [-0.3, -0.25) is 10.1 Å². The molecule has 0 radical (unpaired) electrons. The Bertz CT molecular complexity index is 582. The normalized spacial score (nSPS) is 21.3. The quantitative estimate of drug-likeness (QED) is 0.664. The molecule has 0 spiro atoms. The number of anilines is 1. The number of hydrogen-bond donors (Lipinski definition) is 1. The molecule has 6 nitrogen and oxygen atoms in total. The van der Waals surface area contributed by atoms with Crippen molar-refractivity contribution < 1.29 is 10.0 Å². The smallest absolute Gasteiger partial charge is 0.293 e. The number of nitriles is 1. The van der Waals surface area contributed by atoms with Crippen LogP contribution in [0.4, 0.5) is 11.4 Å². The van der Waals surface area contributed by atoms with E-state index in [9.17, 15) is 15.2 Å². The fourth-order valence-electron chi connectivity index (χ4n) is 3.25. The first kappa shape index (κ1) is 15.3. The summed E-state index contributed by atoms with van der Waals surface area (Å²) in [4.78, 5) is 12.8. The van der Waals surface area contributed by atoms with Crippen LogP contribution in [-0.4, -0.2) is 28.7 Å². The van der Waals surface area contributed by atoms with Crippen molar-refractivity contribution in [1.82, 2.24) is 0 Å². The Labute approximate surface area is 123 Å². The summed E-state index contributed by atoms with van der Waals surface area (Å²) < 4.78 is 0. The average Bonchev–Trinajstić information content (AvgIpc) is 2.91. The number of nitro benzene ring substituents is 1.